The molecule has 22 heavy (non-hydrogen) atoms. The number of hydrogen-bond acceptors (Lipinski definition) is 5. The number of aromatic nitrogens is 1. The number of carbonyl (C=O) groups is 2. The zero-order valence-electron chi connectivity index (χ0n) is 13.5. The molecule has 1 rings (SSSR count). The largest absolute Gasteiger partial charge is 0.461 e. The fourth-order valence-corrected chi connectivity index (χ4v) is 2.69. The maximum Gasteiger partial charge on any atom is 0.357 e. The average molecular weight is 347 g/mol. The molecular weight excluding hydrogens is 324 g/mol. The van der Waals surface area contributed by atoms with E-state index < -0.39 is 11.3 Å². The highest BCUT2D eigenvalue weighted by Crippen LogP contribution is 2.16. The minimum Gasteiger partial charge on any atom is -0.461 e. The molecule has 1 aromatic rings. The lowest BCUT2D eigenvalue weighted by Gasteiger charge is -2.23. The van der Waals surface area contributed by atoms with Crippen LogP contribution in [-0.4, -0.2) is 40.3 Å². The van der Waals surface area contributed by atoms with Gasteiger partial charge < -0.3 is 9.64 Å². The van der Waals surface area contributed by atoms with Crippen molar-refractivity contribution in [3.8, 4) is 0 Å². The van der Waals surface area contributed by atoms with Gasteiger partial charge in [0.25, 0.3) is 0 Å². The predicted molar refractivity (Wildman–Crippen MR) is 88.3 cm³/mol. The van der Waals surface area contributed by atoms with Gasteiger partial charge in [-0.25, -0.2) is 9.78 Å². The first-order valence-corrected chi connectivity index (χ1v) is 8.71. The zero-order chi connectivity index (χ0) is 16.7. The van der Waals surface area contributed by atoms with Gasteiger partial charge in [-0.1, -0.05) is 13.8 Å². The predicted octanol–water partition coefficient (Wildman–Crippen LogP) is 3.32. The standard InChI is InChI=1S/C15H23ClN2O3S/c1-5-21-15(20)12-9-22-13(17-12)8-18(7-6-10(2)3)14(19)11(4)16/h9-11H,5-8H2,1-4H3/t11-/m0/s1. The van der Waals surface area contributed by atoms with E-state index in [0.717, 1.165) is 6.42 Å². The van der Waals surface area contributed by atoms with Crippen molar-refractivity contribution in [1.29, 1.82) is 0 Å². The summed E-state index contributed by atoms with van der Waals surface area (Å²) in [6.45, 7) is 8.94. The topological polar surface area (TPSA) is 59.5 Å². The number of hydrogen-bond donors (Lipinski definition) is 0. The zero-order valence-corrected chi connectivity index (χ0v) is 15.0. The molecule has 7 heteroatoms. The number of halogens is 1. The molecule has 1 atom stereocenters. The third kappa shape index (κ3) is 5.93. The van der Waals surface area contributed by atoms with Crippen LogP contribution in [0.4, 0.5) is 0 Å². The molecule has 1 amide bonds. The first-order valence-electron chi connectivity index (χ1n) is 7.39. The summed E-state index contributed by atoms with van der Waals surface area (Å²) < 4.78 is 4.91. The monoisotopic (exact) mass is 346 g/mol. The van der Waals surface area contributed by atoms with Gasteiger partial charge in [-0.3, -0.25) is 4.79 Å². The third-order valence-corrected chi connectivity index (χ3v) is 4.01. The lowest BCUT2D eigenvalue weighted by atomic mass is 10.1. The van der Waals surface area contributed by atoms with Crippen molar-refractivity contribution in [2.75, 3.05) is 13.2 Å². The smallest absolute Gasteiger partial charge is 0.357 e. The number of ether oxygens (including phenoxy) is 1. The third-order valence-electron chi connectivity index (χ3n) is 2.99. The van der Waals surface area contributed by atoms with Crippen molar-refractivity contribution in [1.82, 2.24) is 9.88 Å². The molecule has 0 aliphatic carbocycles. The number of nitrogens with zero attached hydrogens (tertiary/aromatic N) is 2. The molecule has 0 saturated heterocycles. The fraction of sp³-hybridized carbons (Fsp3) is 0.667. The van der Waals surface area contributed by atoms with Crippen molar-refractivity contribution in [2.24, 2.45) is 5.92 Å². The van der Waals surface area contributed by atoms with Crippen molar-refractivity contribution in [3.63, 3.8) is 0 Å². The van der Waals surface area contributed by atoms with Gasteiger partial charge >= 0.3 is 5.97 Å². The van der Waals surface area contributed by atoms with E-state index in [9.17, 15) is 9.59 Å². The summed E-state index contributed by atoms with van der Waals surface area (Å²) in [7, 11) is 0. The van der Waals surface area contributed by atoms with Crippen molar-refractivity contribution in [3.05, 3.63) is 16.1 Å². The number of thiazole rings is 1. The average Bonchev–Trinajstić information content (AvgIpc) is 2.91. The summed E-state index contributed by atoms with van der Waals surface area (Å²) in [5.74, 6) is -0.0571. The van der Waals surface area contributed by atoms with E-state index in [2.05, 4.69) is 18.8 Å². The van der Waals surface area contributed by atoms with Crippen LogP contribution >= 0.6 is 22.9 Å². The first kappa shape index (κ1) is 18.9. The first-order chi connectivity index (χ1) is 10.3. The van der Waals surface area contributed by atoms with E-state index >= 15 is 0 Å². The number of amides is 1. The van der Waals surface area contributed by atoms with Crippen LogP contribution in [-0.2, 0) is 16.1 Å². The van der Waals surface area contributed by atoms with Crippen molar-refractivity contribution < 1.29 is 14.3 Å². The van der Waals surface area contributed by atoms with Gasteiger partial charge in [-0.2, -0.15) is 0 Å². The molecule has 1 aromatic heterocycles. The number of carbonyl (C=O) groups excluding carboxylic acids is 2. The summed E-state index contributed by atoms with van der Waals surface area (Å²) >= 11 is 7.27. The molecule has 0 aliphatic heterocycles. The van der Waals surface area contributed by atoms with E-state index in [1.165, 1.54) is 11.3 Å². The maximum absolute atomic E-state index is 12.2. The Morgan fingerprint density at radius 3 is 2.64 bits per heavy atom. The lowest BCUT2D eigenvalue weighted by molar-refractivity contribution is -0.131. The summed E-state index contributed by atoms with van der Waals surface area (Å²) in [4.78, 5) is 29.7. The molecule has 0 radical (unpaired) electrons. The van der Waals surface area contributed by atoms with E-state index in [1.54, 1.807) is 24.1 Å². The number of esters is 1. The van der Waals surface area contributed by atoms with Crippen LogP contribution in [0.2, 0.25) is 0 Å². The second kappa shape index (κ2) is 9.10. The summed E-state index contributed by atoms with van der Waals surface area (Å²) in [6.07, 6.45) is 0.894. The Kier molecular flexibility index (Phi) is 7.82. The van der Waals surface area contributed by atoms with Crippen LogP contribution in [0.25, 0.3) is 0 Å². The highest BCUT2D eigenvalue weighted by molar-refractivity contribution is 7.09. The van der Waals surface area contributed by atoms with Gasteiger partial charge in [0.05, 0.1) is 13.2 Å². The van der Waals surface area contributed by atoms with E-state index in [1.807, 2.05) is 0 Å². The molecule has 5 nitrogen and oxygen atoms in total. The number of rotatable bonds is 8. The Balaban J connectivity index is 2.76. The van der Waals surface area contributed by atoms with Crippen molar-refractivity contribution >= 4 is 34.8 Å². The molecular formula is C15H23ClN2O3S. The Morgan fingerprint density at radius 1 is 1.41 bits per heavy atom. The van der Waals surface area contributed by atoms with Crippen LogP contribution in [0.5, 0.6) is 0 Å². The molecule has 0 aliphatic rings. The molecule has 0 saturated carbocycles. The van der Waals surface area contributed by atoms with Gasteiger partial charge in [0, 0.05) is 11.9 Å². The fourth-order valence-electron chi connectivity index (χ4n) is 1.78. The Bertz CT molecular complexity index is 503. The minimum absolute atomic E-state index is 0.116. The lowest BCUT2D eigenvalue weighted by Crippen LogP contribution is -2.36. The van der Waals surface area contributed by atoms with Crippen molar-refractivity contribution in [2.45, 2.75) is 46.0 Å². The highest BCUT2D eigenvalue weighted by Gasteiger charge is 2.21. The summed E-state index contributed by atoms with van der Waals surface area (Å²) in [5.41, 5.74) is 0.289. The van der Waals surface area contributed by atoms with Crippen LogP contribution in [0, 0.1) is 5.92 Å². The van der Waals surface area contributed by atoms with Crippen LogP contribution in [0.3, 0.4) is 0 Å². The van der Waals surface area contributed by atoms with E-state index in [0.29, 0.717) is 30.6 Å². The van der Waals surface area contributed by atoms with E-state index in [-0.39, 0.29) is 11.6 Å². The van der Waals surface area contributed by atoms with E-state index in [4.69, 9.17) is 16.3 Å². The summed E-state index contributed by atoms with van der Waals surface area (Å²) in [6, 6.07) is 0. The molecule has 1 heterocycles. The molecule has 0 unspecified atom stereocenters. The summed E-state index contributed by atoms with van der Waals surface area (Å²) in [5, 5.41) is 1.79. The van der Waals surface area contributed by atoms with Crippen LogP contribution in [0.15, 0.2) is 5.38 Å². The normalized spacial score (nSPS) is 12.3. The van der Waals surface area contributed by atoms with Gasteiger partial charge in [0.15, 0.2) is 5.69 Å². The van der Waals surface area contributed by atoms with Gasteiger partial charge in [-0.05, 0) is 26.2 Å². The van der Waals surface area contributed by atoms with Crippen LogP contribution in [0.1, 0.15) is 49.6 Å². The molecule has 0 aromatic carbocycles. The maximum atomic E-state index is 12.2. The quantitative estimate of drug-likeness (QED) is 0.535. The Hall–Kier alpha value is -1.14. The Morgan fingerprint density at radius 2 is 2.09 bits per heavy atom. The second-order valence-electron chi connectivity index (χ2n) is 5.41. The minimum atomic E-state index is -0.573. The molecule has 0 bridgehead atoms. The van der Waals surface area contributed by atoms with Gasteiger partial charge in [-0.15, -0.1) is 22.9 Å². The van der Waals surface area contributed by atoms with Gasteiger partial charge in [0.1, 0.15) is 10.4 Å². The SMILES string of the molecule is CCOC(=O)c1csc(CN(CCC(C)C)C(=O)[C@H](C)Cl)n1. The molecule has 0 fully saturated rings. The Labute approximate surface area is 140 Å². The molecule has 0 spiro atoms. The molecule has 124 valence electrons. The number of alkyl halides is 1. The highest BCUT2D eigenvalue weighted by atomic mass is 35.5. The van der Waals surface area contributed by atoms with Crippen LogP contribution < -0.4 is 0 Å². The van der Waals surface area contributed by atoms with Gasteiger partial charge in [0.2, 0.25) is 5.91 Å². The molecule has 0 N–H and O–H groups in total. The second-order valence-corrected chi connectivity index (χ2v) is 7.00.